The van der Waals surface area contributed by atoms with Gasteiger partial charge in [0.1, 0.15) is 0 Å². The quantitative estimate of drug-likeness (QED) is 0.0248. The molecule has 0 fully saturated rings. The molecule has 0 heterocycles. The Labute approximate surface area is 288 Å². The molecule has 47 heavy (non-hydrogen) atoms. The molecule has 0 aromatic carbocycles. The molecule has 0 rings (SSSR count). The van der Waals surface area contributed by atoms with Crippen molar-refractivity contribution in [2.45, 2.75) is 199 Å². The fourth-order valence-corrected chi connectivity index (χ4v) is 6.46. The lowest BCUT2D eigenvalue weighted by molar-refractivity contribution is -0.124. The minimum atomic E-state index is -4.39. The maximum Gasteiger partial charge on any atom is 0.472 e. The zero-order valence-electron chi connectivity index (χ0n) is 30.4. The second-order valence-corrected chi connectivity index (χ2v) is 14.8. The summed E-state index contributed by atoms with van der Waals surface area (Å²) in [5.74, 6) is -0.446. The first-order chi connectivity index (χ1) is 22.8. The van der Waals surface area contributed by atoms with E-state index in [2.05, 4.69) is 19.2 Å². The highest BCUT2D eigenvalue weighted by atomic mass is 31.2. The largest absolute Gasteiger partial charge is 0.472 e. The molecular formula is C37H75N2O7P. The first kappa shape index (κ1) is 46.2. The molecule has 0 bridgehead atoms. The SMILES string of the molecule is CCCCCCCCCCCCC/C=C/C(O)C(COP(=O)(O)OCCN)NC(=O)CC(O)CCCCCCCCCCCCCC. The Balaban J connectivity index is 4.42. The summed E-state index contributed by atoms with van der Waals surface area (Å²) in [4.78, 5) is 22.6. The lowest BCUT2D eigenvalue weighted by atomic mass is 10.0. The molecule has 1 amide bonds. The van der Waals surface area contributed by atoms with E-state index in [1.165, 1.54) is 116 Å². The van der Waals surface area contributed by atoms with Gasteiger partial charge in [-0.05, 0) is 19.3 Å². The normalized spacial score (nSPS) is 15.1. The number of hydrogen-bond donors (Lipinski definition) is 5. The topological polar surface area (TPSA) is 151 Å². The van der Waals surface area contributed by atoms with E-state index in [1.807, 2.05) is 6.08 Å². The smallest absolute Gasteiger partial charge is 0.393 e. The van der Waals surface area contributed by atoms with Crippen molar-refractivity contribution in [2.24, 2.45) is 5.73 Å². The van der Waals surface area contributed by atoms with Crippen LogP contribution in [0.15, 0.2) is 12.2 Å². The molecule has 4 unspecified atom stereocenters. The molecule has 0 aliphatic carbocycles. The first-order valence-corrected chi connectivity index (χ1v) is 20.9. The third kappa shape index (κ3) is 32.2. The molecule has 0 aliphatic heterocycles. The van der Waals surface area contributed by atoms with Crippen molar-refractivity contribution in [3.05, 3.63) is 12.2 Å². The van der Waals surface area contributed by atoms with Crippen molar-refractivity contribution in [3.8, 4) is 0 Å². The first-order valence-electron chi connectivity index (χ1n) is 19.4. The zero-order chi connectivity index (χ0) is 34.9. The monoisotopic (exact) mass is 691 g/mol. The van der Waals surface area contributed by atoms with Crippen molar-refractivity contribution < 1.29 is 33.5 Å². The third-order valence-electron chi connectivity index (χ3n) is 8.67. The minimum absolute atomic E-state index is 0.0512. The van der Waals surface area contributed by atoms with Crippen molar-refractivity contribution >= 4 is 13.7 Å². The molecule has 0 aromatic rings. The Hall–Kier alpha value is -0.800. The number of aliphatic hydroxyl groups excluding tert-OH is 2. The van der Waals surface area contributed by atoms with E-state index in [9.17, 15) is 24.5 Å². The van der Waals surface area contributed by atoms with Gasteiger partial charge in [-0.2, -0.15) is 0 Å². The highest BCUT2D eigenvalue weighted by Gasteiger charge is 2.27. The second-order valence-electron chi connectivity index (χ2n) is 13.3. The third-order valence-corrected chi connectivity index (χ3v) is 9.65. The van der Waals surface area contributed by atoms with Gasteiger partial charge in [0.2, 0.25) is 5.91 Å². The summed E-state index contributed by atoms with van der Waals surface area (Å²) in [5.41, 5.74) is 5.34. The number of carbonyl (C=O) groups is 1. The van der Waals surface area contributed by atoms with Crippen molar-refractivity contribution in [2.75, 3.05) is 19.8 Å². The van der Waals surface area contributed by atoms with E-state index in [4.69, 9.17) is 14.8 Å². The number of nitrogens with two attached hydrogens (primary N) is 1. The van der Waals surface area contributed by atoms with Gasteiger partial charge in [-0.3, -0.25) is 13.8 Å². The summed E-state index contributed by atoms with van der Waals surface area (Å²) < 4.78 is 22.0. The van der Waals surface area contributed by atoms with Crippen LogP contribution >= 0.6 is 7.82 Å². The van der Waals surface area contributed by atoms with Crippen LogP contribution in [-0.4, -0.2) is 59.0 Å². The summed E-state index contributed by atoms with van der Waals surface area (Å²) in [6.45, 7) is 3.95. The highest BCUT2D eigenvalue weighted by molar-refractivity contribution is 7.47. The summed E-state index contributed by atoms with van der Waals surface area (Å²) in [6, 6.07) is -0.975. The molecule has 0 radical (unpaired) electrons. The van der Waals surface area contributed by atoms with E-state index in [0.29, 0.717) is 6.42 Å². The predicted octanol–water partition coefficient (Wildman–Crippen LogP) is 9.02. The number of amides is 1. The maximum atomic E-state index is 12.7. The average molecular weight is 691 g/mol. The van der Waals surface area contributed by atoms with Crippen LogP contribution in [0.2, 0.25) is 0 Å². The summed E-state index contributed by atoms with van der Waals surface area (Å²) in [7, 11) is -4.39. The number of nitrogens with one attached hydrogen (secondary N) is 1. The van der Waals surface area contributed by atoms with Crippen molar-refractivity contribution in [1.29, 1.82) is 0 Å². The van der Waals surface area contributed by atoms with Gasteiger partial charge in [0.25, 0.3) is 0 Å². The van der Waals surface area contributed by atoms with Gasteiger partial charge in [0.15, 0.2) is 0 Å². The Morgan fingerprint density at radius 2 is 1.17 bits per heavy atom. The van der Waals surface area contributed by atoms with Crippen LogP contribution in [0.4, 0.5) is 0 Å². The van der Waals surface area contributed by atoms with Gasteiger partial charge in [0.05, 0.1) is 37.9 Å². The number of phosphoric ester groups is 1. The molecule has 0 saturated carbocycles. The Morgan fingerprint density at radius 3 is 1.64 bits per heavy atom. The number of aliphatic hydroxyl groups is 2. The average Bonchev–Trinajstić information content (AvgIpc) is 3.04. The molecule has 6 N–H and O–H groups in total. The summed E-state index contributed by atoms with van der Waals surface area (Å²) in [5, 5.41) is 23.9. The lowest BCUT2D eigenvalue weighted by Gasteiger charge is -2.24. The fourth-order valence-electron chi connectivity index (χ4n) is 5.70. The number of allylic oxidation sites excluding steroid dienone is 1. The molecule has 10 heteroatoms. The lowest BCUT2D eigenvalue weighted by Crippen LogP contribution is -2.46. The van der Waals surface area contributed by atoms with E-state index in [0.717, 1.165) is 38.5 Å². The van der Waals surface area contributed by atoms with Crippen LogP contribution in [0.25, 0.3) is 0 Å². The van der Waals surface area contributed by atoms with E-state index in [-0.39, 0.29) is 19.6 Å². The molecule has 0 aliphatic rings. The van der Waals surface area contributed by atoms with Crippen LogP contribution in [0.3, 0.4) is 0 Å². The Bertz CT molecular complexity index is 771. The van der Waals surface area contributed by atoms with Crippen LogP contribution < -0.4 is 11.1 Å². The van der Waals surface area contributed by atoms with Gasteiger partial charge < -0.3 is 26.2 Å². The summed E-state index contributed by atoms with van der Waals surface area (Å²) in [6.07, 6.45) is 31.5. The number of phosphoric acid groups is 1. The highest BCUT2D eigenvalue weighted by Crippen LogP contribution is 2.43. The molecule has 0 saturated heterocycles. The van der Waals surface area contributed by atoms with Crippen LogP contribution in [-0.2, 0) is 18.4 Å². The fraction of sp³-hybridized carbons (Fsp3) is 0.919. The molecule has 0 aromatic heterocycles. The van der Waals surface area contributed by atoms with Crippen molar-refractivity contribution in [1.82, 2.24) is 5.32 Å². The van der Waals surface area contributed by atoms with Gasteiger partial charge in [-0.15, -0.1) is 0 Å². The van der Waals surface area contributed by atoms with Crippen molar-refractivity contribution in [3.63, 3.8) is 0 Å². The van der Waals surface area contributed by atoms with Crippen LogP contribution in [0.5, 0.6) is 0 Å². The molecule has 280 valence electrons. The Morgan fingerprint density at radius 1 is 0.723 bits per heavy atom. The number of hydrogen-bond acceptors (Lipinski definition) is 7. The molecule has 9 nitrogen and oxygen atoms in total. The number of rotatable bonds is 36. The molecular weight excluding hydrogens is 615 g/mol. The second kappa shape index (κ2) is 33.7. The van der Waals surface area contributed by atoms with Gasteiger partial charge in [-0.1, -0.05) is 167 Å². The van der Waals surface area contributed by atoms with Gasteiger partial charge >= 0.3 is 7.82 Å². The number of unbranched alkanes of at least 4 members (excludes halogenated alkanes) is 22. The molecule has 0 spiro atoms. The minimum Gasteiger partial charge on any atom is -0.393 e. The number of carbonyl (C=O) groups excluding carboxylic acids is 1. The van der Waals surface area contributed by atoms with Crippen LogP contribution in [0, 0.1) is 0 Å². The van der Waals surface area contributed by atoms with E-state index >= 15 is 0 Å². The zero-order valence-corrected chi connectivity index (χ0v) is 31.3. The van der Waals surface area contributed by atoms with Crippen LogP contribution in [0.1, 0.15) is 181 Å². The predicted molar refractivity (Wildman–Crippen MR) is 195 cm³/mol. The summed E-state index contributed by atoms with van der Waals surface area (Å²) >= 11 is 0. The Kier molecular flexibility index (Phi) is 33.1. The maximum absolute atomic E-state index is 12.7. The van der Waals surface area contributed by atoms with E-state index < -0.39 is 38.6 Å². The standard InChI is InChI=1S/C37H75N2O7P/c1-3-5-7-9-11-13-15-17-19-21-23-25-27-29-36(41)35(33-46-47(43,44)45-31-30-38)39-37(42)32-34(40)28-26-24-22-20-18-16-14-12-10-8-6-4-2/h27,29,34-36,40-41H,3-26,28,30-33,38H2,1-2H3,(H,39,42)(H,43,44)/b29-27+. The van der Waals surface area contributed by atoms with E-state index in [1.54, 1.807) is 6.08 Å². The van der Waals surface area contributed by atoms with Gasteiger partial charge in [0, 0.05) is 6.54 Å². The van der Waals surface area contributed by atoms with Gasteiger partial charge in [-0.25, -0.2) is 4.57 Å². The molecule has 4 atom stereocenters.